The fourth-order valence-electron chi connectivity index (χ4n) is 1.99. The third-order valence-electron chi connectivity index (χ3n) is 2.84. The van der Waals surface area contributed by atoms with E-state index in [1.165, 1.54) is 0 Å². The van der Waals surface area contributed by atoms with Crippen molar-refractivity contribution in [1.82, 2.24) is 21.1 Å². The zero-order chi connectivity index (χ0) is 11.0. The number of carbonyl (C=O) groups is 1. The molecular formula is C9H18N4OS. The third-order valence-corrected chi connectivity index (χ3v) is 3.62. The van der Waals surface area contributed by atoms with E-state index >= 15 is 0 Å². The Kier molecular flexibility index (Phi) is 3.20. The predicted octanol–water partition coefficient (Wildman–Crippen LogP) is -0.477. The number of nitrogens with one attached hydrogen (secondary N) is 3. The minimum atomic E-state index is 0.0239. The number of nitrogens with zero attached hydrogens (tertiary/aromatic N) is 1. The average Bonchev–Trinajstić information content (AvgIpc) is 2.55. The standard InChI is InChI=1S/C9H18N4OS/c1-5(2)13-8(14)6-4-10-9(15-3)11-7(6)12-13/h5-7,9-12H,4H2,1-3H3. The van der Waals surface area contributed by atoms with Gasteiger partial charge in [0, 0.05) is 12.6 Å². The summed E-state index contributed by atoms with van der Waals surface area (Å²) in [5, 5.41) is 8.38. The summed E-state index contributed by atoms with van der Waals surface area (Å²) < 4.78 is 0. The van der Waals surface area contributed by atoms with Gasteiger partial charge in [0.05, 0.1) is 12.1 Å². The molecule has 1 amide bonds. The molecule has 2 fully saturated rings. The van der Waals surface area contributed by atoms with Gasteiger partial charge in [0.1, 0.15) is 5.50 Å². The second-order valence-electron chi connectivity index (χ2n) is 4.21. The van der Waals surface area contributed by atoms with Crippen LogP contribution in [0.2, 0.25) is 0 Å². The SMILES string of the molecule is CSC1NCC2C(=O)N(C(C)C)NC2N1. The Morgan fingerprint density at radius 2 is 2.27 bits per heavy atom. The van der Waals surface area contributed by atoms with Gasteiger partial charge in [-0.2, -0.15) is 0 Å². The molecule has 0 spiro atoms. The van der Waals surface area contributed by atoms with Crippen LogP contribution in [-0.4, -0.2) is 41.4 Å². The molecule has 0 aromatic heterocycles. The minimum absolute atomic E-state index is 0.0239. The molecule has 5 nitrogen and oxygen atoms in total. The van der Waals surface area contributed by atoms with E-state index in [-0.39, 0.29) is 29.5 Å². The van der Waals surface area contributed by atoms with E-state index in [0.717, 1.165) is 6.54 Å². The van der Waals surface area contributed by atoms with Crippen LogP contribution in [0.15, 0.2) is 0 Å². The van der Waals surface area contributed by atoms with Crippen LogP contribution in [0.3, 0.4) is 0 Å². The van der Waals surface area contributed by atoms with Gasteiger partial charge >= 0.3 is 0 Å². The lowest BCUT2D eigenvalue weighted by molar-refractivity contribution is -0.134. The van der Waals surface area contributed by atoms with Crippen LogP contribution in [-0.2, 0) is 4.79 Å². The minimum Gasteiger partial charge on any atom is -0.292 e. The van der Waals surface area contributed by atoms with Crippen LogP contribution in [0, 0.1) is 5.92 Å². The lowest BCUT2D eigenvalue weighted by Crippen LogP contribution is -2.59. The lowest BCUT2D eigenvalue weighted by atomic mass is 10.1. The molecule has 0 aliphatic carbocycles. The van der Waals surface area contributed by atoms with Crippen molar-refractivity contribution >= 4 is 17.7 Å². The number of carbonyl (C=O) groups excluding carboxylic acids is 1. The zero-order valence-electron chi connectivity index (χ0n) is 9.28. The Hall–Kier alpha value is -0.300. The van der Waals surface area contributed by atoms with E-state index in [9.17, 15) is 4.79 Å². The molecule has 3 atom stereocenters. The van der Waals surface area contributed by atoms with Crippen LogP contribution < -0.4 is 16.1 Å². The number of rotatable bonds is 2. The lowest BCUT2D eigenvalue weighted by Gasteiger charge is -2.31. The van der Waals surface area contributed by atoms with Crippen molar-refractivity contribution < 1.29 is 4.79 Å². The number of amides is 1. The van der Waals surface area contributed by atoms with E-state index in [2.05, 4.69) is 16.1 Å². The Bertz CT molecular complexity index is 260. The number of thioether (sulfide) groups is 1. The number of fused-ring (bicyclic) bond motifs is 1. The summed E-state index contributed by atoms with van der Waals surface area (Å²) in [4.78, 5) is 12.0. The van der Waals surface area contributed by atoms with Gasteiger partial charge in [0.2, 0.25) is 5.91 Å². The van der Waals surface area contributed by atoms with Crippen LogP contribution >= 0.6 is 11.8 Å². The Labute approximate surface area is 94.3 Å². The average molecular weight is 230 g/mol. The highest BCUT2D eigenvalue weighted by Gasteiger charge is 2.44. The first kappa shape index (κ1) is 11.2. The molecule has 0 radical (unpaired) electrons. The highest BCUT2D eigenvalue weighted by molar-refractivity contribution is 7.99. The molecule has 3 N–H and O–H groups in total. The van der Waals surface area contributed by atoms with Crippen molar-refractivity contribution in [3.05, 3.63) is 0 Å². The summed E-state index contributed by atoms with van der Waals surface area (Å²) in [5.74, 6) is 0.213. The Morgan fingerprint density at radius 3 is 2.87 bits per heavy atom. The molecule has 0 aromatic carbocycles. The molecular weight excluding hydrogens is 212 g/mol. The van der Waals surface area contributed by atoms with Crippen LogP contribution in [0.5, 0.6) is 0 Å². The fraction of sp³-hybridized carbons (Fsp3) is 0.889. The number of hydrazine groups is 1. The summed E-state index contributed by atoms with van der Waals surface area (Å²) in [7, 11) is 0. The summed E-state index contributed by atoms with van der Waals surface area (Å²) in [5.41, 5.74) is 3.46. The molecule has 6 heteroatoms. The zero-order valence-corrected chi connectivity index (χ0v) is 10.1. The smallest absolute Gasteiger partial charge is 0.244 e. The molecule has 2 aliphatic rings. The third kappa shape index (κ3) is 1.99. The first-order valence-electron chi connectivity index (χ1n) is 5.25. The molecule has 0 bridgehead atoms. The summed E-state index contributed by atoms with van der Waals surface area (Å²) in [6.07, 6.45) is 2.13. The topological polar surface area (TPSA) is 56.4 Å². The summed E-state index contributed by atoms with van der Waals surface area (Å²) in [6.45, 7) is 4.78. The van der Waals surface area contributed by atoms with Crippen molar-refractivity contribution in [1.29, 1.82) is 0 Å². The molecule has 15 heavy (non-hydrogen) atoms. The highest BCUT2D eigenvalue weighted by Crippen LogP contribution is 2.20. The highest BCUT2D eigenvalue weighted by atomic mass is 32.2. The first-order valence-corrected chi connectivity index (χ1v) is 6.53. The van der Waals surface area contributed by atoms with E-state index in [0.29, 0.717) is 0 Å². The maximum Gasteiger partial charge on any atom is 0.244 e. The normalized spacial score (nSPS) is 36.1. The molecule has 3 unspecified atom stereocenters. The van der Waals surface area contributed by atoms with Gasteiger partial charge in [-0.3, -0.25) is 20.4 Å². The van der Waals surface area contributed by atoms with Gasteiger partial charge < -0.3 is 0 Å². The van der Waals surface area contributed by atoms with E-state index < -0.39 is 0 Å². The van der Waals surface area contributed by atoms with E-state index in [4.69, 9.17) is 0 Å². The largest absolute Gasteiger partial charge is 0.292 e. The van der Waals surface area contributed by atoms with Crippen LogP contribution in [0.4, 0.5) is 0 Å². The van der Waals surface area contributed by atoms with Crippen molar-refractivity contribution in [2.45, 2.75) is 31.6 Å². The molecule has 0 saturated carbocycles. The Morgan fingerprint density at radius 1 is 1.53 bits per heavy atom. The van der Waals surface area contributed by atoms with Gasteiger partial charge in [-0.25, -0.2) is 5.43 Å². The van der Waals surface area contributed by atoms with Crippen molar-refractivity contribution in [2.75, 3.05) is 12.8 Å². The molecule has 0 aromatic rings. The van der Waals surface area contributed by atoms with Gasteiger partial charge in [0.25, 0.3) is 0 Å². The molecule has 2 heterocycles. The van der Waals surface area contributed by atoms with Gasteiger partial charge in [-0.05, 0) is 20.1 Å². The maximum atomic E-state index is 12.0. The fourth-order valence-corrected chi connectivity index (χ4v) is 2.54. The van der Waals surface area contributed by atoms with Crippen molar-refractivity contribution in [2.24, 2.45) is 5.92 Å². The van der Waals surface area contributed by atoms with Crippen molar-refractivity contribution in [3.8, 4) is 0 Å². The Balaban J connectivity index is 2.04. The summed E-state index contributed by atoms with van der Waals surface area (Å²) >= 11 is 1.71. The van der Waals surface area contributed by atoms with E-state index in [1.54, 1.807) is 16.8 Å². The second-order valence-corrected chi connectivity index (χ2v) is 5.15. The van der Waals surface area contributed by atoms with Crippen LogP contribution in [0.25, 0.3) is 0 Å². The van der Waals surface area contributed by atoms with Crippen LogP contribution in [0.1, 0.15) is 13.8 Å². The first-order chi connectivity index (χ1) is 7.13. The second kappa shape index (κ2) is 4.29. The van der Waals surface area contributed by atoms with Gasteiger partial charge in [-0.1, -0.05) is 0 Å². The number of hydrogen-bond donors (Lipinski definition) is 3. The summed E-state index contributed by atoms with van der Waals surface area (Å²) in [6, 6.07) is 0.206. The number of hydrogen-bond acceptors (Lipinski definition) is 5. The van der Waals surface area contributed by atoms with Gasteiger partial charge in [0.15, 0.2) is 0 Å². The molecule has 2 saturated heterocycles. The van der Waals surface area contributed by atoms with E-state index in [1.807, 2.05) is 20.1 Å². The van der Waals surface area contributed by atoms with Gasteiger partial charge in [-0.15, -0.1) is 11.8 Å². The quantitative estimate of drug-likeness (QED) is 0.598. The molecule has 2 rings (SSSR count). The molecule has 2 aliphatic heterocycles. The predicted molar refractivity (Wildman–Crippen MR) is 60.8 cm³/mol. The maximum absolute atomic E-state index is 12.0. The monoisotopic (exact) mass is 230 g/mol. The van der Waals surface area contributed by atoms with Crippen molar-refractivity contribution in [3.63, 3.8) is 0 Å². The molecule has 86 valence electrons.